The highest BCUT2D eigenvalue weighted by Crippen LogP contribution is 2.35. The Morgan fingerprint density at radius 3 is 2.72 bits per heavy atom. The van der Waals surface area contributed by atoms with E-state index in [0.717, 1.165) is 13.1 Å². The summed E-state index contributed by atoms with van der Waals surface area (Å²) in [6, 6.07) is 4.30. The molecule has 1 aliphatic carbocycles. The molecule has 1 aliphatic heterocycles. The maximum Gasteiger partial charge on any atom is 0.0338 e. The third-order valence-electron chi connectivity index (χ3n) is 4.59. The fourth-order valence-corrected chi connectivity index (χ4v) is 3.54. The number of nitrogens with zero attached hydrogens (tertiary/aromatic N) is 2. The van der Waals surface area contributed by atoms with E-state index < -0.39 is 0 Å². The summed E-state index contributed by atoms with van der Waals surface area (Å²) in [5, 5.41) is 3.61. The second-order valence-electron chi connectivity index (χ2n) is 5.74. The lowest BCUT2D eigenvalue weighted by Gasteiger charge is -2.50. The van der Waals surface area contributed by atoms with Crippen molar-refractivity contribution in [2.45, 2.75) is 44.2 Å². The average molecular weight is 245 g/mol. The number of hydrogen-bond donors (Lipinski definition) is 1. The van der Waals surface area contributed by atoms with Crippen LogP contribution < -0.4 is 5.32 Å². The highest BCUT2D eigenvalue weighted by atomic mass is 15.3. The van der Waals surface area contributed by atoms with Gasteiger partial charge in [-0.1, -0.05) is 19.3 Å². The molecule has 3 heteroatoms. The molecule has 1 N–H and O–H groups in total. The summed E-state index contributed by atoms with van der Waals surface area (Å²) in [6.07, 6.45) is 10.8. The van der Waals surface area contributed by atoms with E-state index in [1.807, 2.05) is 12.4 Å². The van der Waals surface area contributed by atoms with Gasteiger partial charge in [0.25, 0.3) is 0 Å². The maximum atomic E-state index is 4.11. The second kappa shape index (κ2) is 5.37. The highest BCUT2D eigenvalue weighted by molar-refractivity contribution is 5.11. The summed E-state index contributed by atoms with van der Waals surface area (Å²) in [7, 11) is 0. The molecule has 2 aliphatic rings. The zero-order valence-corrected chi connectivity index (χ0v) is 11.1. The summed E-state index contributed by atoms with van der Waals surface area (Å²) in [5.74, 6) is 0. The molecule has 98 valence electrons. The van der Waals surface area contributed by atoms with Gasteiger partial charge in [0.2, 0.25) is 0 Å². The molecule has 0 aromatic carbocycles. The van der Waals surface area contributed by atoms with Crippen molar-refractivity contribution in [1.82, 2.24) is 15.2 Å². The predicted molar refractivity (Wildman–Crippen MR) is 73.3 cm³/mol. The van der Waals surface area contributed by atoms with Crippen LogP contribution in [-0.4, -0.2) is 35.1 Å². The molecule has 0 atom stereocenters. The minimum Gasteiger partial charge on any atom is -0.314 e. The second-order valence-corrected chi connectivity index (χ2v) is 5.74. The van der Waals surface area contributed by atoms with Gasteiger partial charge in [-0.3, -0.25) is 9.88 Å². The van der Waals surface area contributed by atoms with E-state index in [0.29, 0.717) is 5.54 Å². The molecule has 1 saturated carbocycles. The Labute approximate surface area is 110 Å². The van der Waals surface area contributed by atoms with Crippen molar-refractivity contribution in [2.24, 2.45) is 0 Å². The van der Waals surface area contributed by atoms with Gasteiger partial charge in [0.1, 0.15) is 0 Å². The van der Waals surface area contributed by atoms with Crippen LogP contribution in [0.15, 0.2) is 24.5 Å². The molecule has 0 bridgehead atoms. The third-order valence-corrected chi connectivity index (χ3v) is 4.59. The molecule has 1 spiro atoms. The van der Waals surface area contributed by atoms with Crippen LogP contribution in [0.2, 0.25) is 0 Å². The van der Waals surface area contributed by atoms with Crippen LogP contribution in [0.1, 0.15) is 37.7 Å². The van der Waals surface area contributed by atoms with E-state index in [9.17, 15) is 0 Å². The van der Waals surface area contributed by atoms with Crippen LogP contribution in [0.4, 0.5) is 0 Å². The summed E-state index contributed by atoms with van der Waals surface area (Å²) in [5.41, 5.74) is 1.83. The standard InChI is InChI=1S/C15H23N3/c1-2-6-15(7-3-1)13-17-10-11-18(15)12-14-4-8-16-9-5-14/h4-5,8-9,17H,1-3,6-7,10-13H2. The molecule has 1 aromatic rings. The van der Waals surface area contributed by atoms with Crippen LogP contribution in [0, 0.1) is 0 Å². The Balaban J connectivity index is 1.75. The van der Waals surface area contributed by atoms with Gasteiger partial charge in [0.05, 0.1) is 0 Å². The highest BCUT2D eigenvalue weighted by Gasteiger charge is 2.39. The fourth-order valence-electron chi connectivity index (χ4n) is 3.54. The Hall–Kier alpha value is -0.930. The molecular formula is C15H23N3. The maximum absolute atomic E-state index is 4.11. The van der Waals surface area contributed by atoms with Crippen molar-refractivity contribution < 1.29 is 0 Å². The van der Waals surface area contributed by atoms with Crippen molar-refractivity contribution in [3.8, 4) is 0 Å². The minimum atomic E-state index is 0.430. The van der Waals surface area contributed by atoms with E-state index in [2.05, 4.69) is 27.3 Å². The van der Waals surface area contributed by atoms with Gasteiger partial charge >= 0.3 is 0 Å². The van der Waals surface area contributed by atoms with Gasteiger partial charge < -0.3 is 5.32 Å². The quantitative estimate of drug-likeness (QED) is 0.865. The van der Waals surface area contributed by atoms with Gasteiger partial charge in [-0.05, 0) is 30.5 Å². The molecule has 2 heterocycles. The van der Waals surface area contributed by atoms with Crippen LogP contribution in [0.3, 0.4) is 0 Å². The lowest BCUT2D eigenvalue weighted by Crippen LogP contribution is -2.61. The molecule has 0 radical (unpaired) electrons. The van der Waals surface area contributed by atoms with E-state index in [1.54, 1.807) is 0 Å². The summed E-state index contributed by atoms with van der Waals surface area (Å²) >= 11 is 0. The molecule has 3 nitrogen and oxygen atoms in total. The van der Waals surface area contributed by atoms with Crippen LogP contribution in [0.5, 0.6) is 0 Å². The first-order valence-electron chi connectivity index (χ1n) is 7.24. The molecule has 18 heavy (non-hydrogen) atoms. The Morgan fingerprint density at radius 1 is 1.17 bits per heavy atom. The Kier molecular flexibility index (Phi) is 3.62. The first-order chi connectivity index (χ1) is 8.89. The molecule has 1 saturated heterocycles. The SMILES string of the molecule is c1cc(CN2CCNCC23CCCCC3)ccn1. The van der Waals surface area contributed by atoms with Crippen molar-refractivity contribution >= 4 is 0 Å². The summed E-state index contributed by atoms with van der Waals surface area (Å²) in [6.45, 7) is 4.58. The molecule has 2 fully saturated rings. The number of aromatic nitrogens is 1. The summed E-state index contributed by atoms with van der Waals surface area (Å²) in [4.78, 5) is 6.83. The van der Waals surface area contributed by atoms with E-state index in [4.69, 9.17) is 0 Å². The summed E-state index contributed by atoms with van der Waals surface area (Å²) < 4.78 is 0. The van der Waals surface area contributed by atoms with Gasteiger partial charge in [-0.2, -0.15) is 0 Å². The van der Waals surface area contributed by atoms with Crippen LogP contribution in [-0.2, 0) is 6.54 Å². The number of pyridine rings is 1. The predicted octanol–water partition coefficient (Wildman–Crippen LogP) is 2.19. The van der Waals surface area contributed by atoms with Crippen LogP contribution >= 0.6 is 0 Å². The monoisotopic (exact) mass is 245 g/mol. The van der Waals surface area contributed by atoms with Crippen molar-refractivity contribution in [1.29, 1.82) is 0 Å². The first kappa shape index (κ1) is 12.1. The topological polar surface area (TPSA) is 28.2 Å². The fraction of sp³-hybridized carbons (Fsp3) is 0.667. The van der Waals surface area contributed by atoms with Crippen molar-refractivity contribution in [3.05, 3.63) is 30.1 Å². The number of rotatable bonds is 2. The molecule has 0 amide bonds. The molecule has 0 unspecified atom stereocenters. The zero-order valence-electron chi connectivity index (χ0n) is 11.1. The smallest absolute Gasteiger partial charge is 0.0338 e. The van der Waals surface area contributed by atoms with Gasteiger partial charge in [-0.15, -0.1) is 0 Å². The molecule has 3 rings (SSSR count). The number of hydrogen-bond acceptors (Lipinski definition) is 3. The van der Waals surface area contributed by atoms with Crippen molar-refractivity contribution in [2.75, 3.05) is 19.6 Å². The lowest BCUT2D eigenvalue weighted by molar-refractivity contribution is 0.0209. The molecule has 1 aromatic heterocycles. The van der Waals surface area contributed by atoms with Crippen LogP contribution in [0.25, 0.3) is 0 Å². The Morgan fingerprint density at radius 2 is 1.94 bits per heavy atom. The lowest BCUT2D eigenvalue weighted by atomic mass is 9.79. The van der Waals surface area contributed by atoms with Gasteiger partial charge in [0, 0.05) is 44.1 Å². The van der Waals surface area contributed by atoms with E-state index >= 15 is 0 Å². The number of nitrogens with one attached hydrogen (secondary N) is 1. The molecular weight excluding hydrogens is 222 g/mol. The van der Waals surface area contributed by atoms with Gasteiger partial charge in [0.15, 0.2) is 0 Å². The Bertz CT molecular complexity index is 362. The third kappa shape index (κ3) is 2.43. The van der Waals surface area contributed by atoms with E-state index in [-0.39, 0.29) is 0 Å². The van der Waals surface area contributed by atoms with E-state index in [1.165, 1.54) is 50.8 Å². The zero-order chi connectivity index (χ0) is 12.3. The minimum absolute atomic E-state index is 0.430. The van der Waals surface area contributed by atoms with Gasteiger partial charge in [-0.25, -0.2) is 0 Å². The largest absolute Gasteiger partial charge is 0.314 e. The average Bonchev–Trinajstić information content (AvgIpc) is 2.44. The van der Waals surface area contributed by atoms with Crippen molar-refractivity contribution in [3.63, 3.8) is 0 Å². The number of piperazine rings is 1. The normalized spacial score (nSPS) is 24.2. The first-order valence-corrected chi connectivity index (χ1v) is 7.24.